The van der Waals surface area contributed by atoms with Crippen molar-refractivity contribution in [3.05, 3.63) is 0 Å². The van der Waals surface area contributed by atoms with Crippen molar-refractivity contribution in [2.75, 3.05) is 13.1 Å². The van der Waals surface area contributed by atoms with E-state index in [1.165, 1.54) is 4.90 Å². The second-order valence-corrected chi connectivity index (χ2v) is 6.13. The van der Waals surface area contributed by atoms with Crippen LogP contribution in [-0.4, -0.2) is 40.2 Å². The minimum absolute atomic E-state index is 0.0634. The summed E-state index contributed by atoms with van der Waals surface area (Å²) in [5.74, 6) is -0.667. The Hall–Kier alpha value is -0.480. The summed E-state index contributed by atoms with van der Waals surface area (Å²) in [6.07, 6.45) is 0.469. The molecule has 1 atom stereocenters. The largest absolute Gasteiger partial charge is 0.352 e. The molecule has 0 heterocycles. The summed E-state index contributed by atoms with van der Waals surface area (Å²) in [4.78, 5) is 25.0. The van der Waals surface area contributed by atoms with Crippen molar-refractivity contribution in [3.8, 4) is 0 Å². The Bertz CT molecular complexity index is 319. The third-order valence-electron chi connectivity index (χ3n) is 2.60. The minimum atomic E-state index is -0.932. The first-order valence-electron chi connectivity index (χ1n) is 5.74. The molecular weight excluding hydrogens is 263 g/mol. The smallest absolute Gasteiger partial charge is 0.239 e. The molecule has 2 amide bonds. The van der Waals surface area contributed by atoms with E-state index in [2.05, 4.69) is 5.32 Å². The molecule has 0 bridgehead atoms. The molecule has 1 saturated carbocycles. The summed E-state index contributed by atoms with van der Waals surface area (Å²) in [6, 6.07) is 0.0670. The molecule has 6 heteroatoms. The van der Waals surface area contributed by atoms with Crippen LogP contribution in [0.4, 0.5) is 0 Å². The molecule has 1 N–H and O–H groups in total. The van der Waals surface area contributed by atoms with E-state index in [0.717, 1.165) is 0 Å². The lowest BCUT2D eigenvalue weighted by molar-refractivity contribution is -0.137. The van der Waals surface area contributed by atoms with Gasteiger partial charge in [-0.25, -0.2) is 0 Å². The van der Waals surface area contributed by atoms with Crippen molar-refractivity contribution >= 4 is 35.0 Å². The summed E-state index contributed by atoms with van der Waals surface area (Å²) in [5, 5.41) is 2.74. The van der Waals surface area contributed by atoms with E-state index in [1.54, 1.807) is 0 Å². The first kappa shape index (κ1) is 14.6. The number of likely N-dealkylation sites (N-methyl/N-ethyl adjacent to an activating group) is 1. The van der Waals surface area contributed by atoms with Gasteiger partial charge in [0.25, 0.3) is 0 Å². The molecule has 0 aromatic heterocycles. The molecular formula is C11H18Cl2N2O2. The van der Waals surface area contributed by atoms with E-state index < -0.39 is 4.33 Å². The minimum Gasteiger partial charge on any atom is -0.352 e. The van der Waals surface area contributed by atoms with Crippen molar-refractivity contribution < 1.29 is 9.59 Å². The van der Waals surface area contributed by atoms with Crippen LogP contribution in [0.3, 0.4) is 0 Å². The second kappa shape index (κ2) is 5.44. The SMILES string of the molecule is CCN(CC(=O)NC(C)C)C(=O)[C@@H]1CC1(Cl)Cl. The van der Waals surface area contributed by atoms with E-state index in [9.17, 15) is 9.59 Å². The fourth-order valence-corrected chi connectivity index (χ4v) is 2.08. The Morgan fingerprint density at radius 1 is 1.47 bits per heavy atom. The van der Waals surface area contributed by atoms with E-state index in [-0.39, 0.29) is 30.3 Å². The summed E-state index contributed by atoms with van der Waals surface area (Å²) in [5.41, 5.74) is 0. The third kappa shape index (κ3) is 4.03. The molecule has 0 radical (unpaired) electrons. The van der Waals surface area contributed by atoms with E-state index in [1.807, 2.05) is 20.8 Å². The molecule has 1 aliphatic carbocycles. The zero-order valence-electron chi connectivity index (χ0n) is 10.3. The maximum absolute atomic E-state index is 12.0. The molecule has 98 valence electrons. The molecule has 0 spiro atoms. The highest BCUT2D eigenvalue weighted by Gasteiger charge is 2.57. The molecule has 1 fully saturated rings. The summed E-state index contributed by atoms with van der Waals surface area (Å²) >= 11 is 11.7. The van der Waals surface area contributed by atoms with Crippen molar-refractivity contribution in [2.24, 2.45) is 5.92 Å². The highest BCUT2D eigenvalue weighted by Crippen LogP contribution is 2.53. The highest BCUT2D eigenvalue weighted by molar-refractivity contribution is 6.52. The average molecular weight is 281 g/mol. The standard InChI is InChI=1S/C11H18Cl2N2O2/c1-4-15(6-9(16)14-7(2)3)10(17)8-5-11(8,12)13/h7-8H,4-6H2,1-3H3,(H,14,16)/t8-/m0/s1. The molecule has 17 heavy (non-hydrogen) atoms. The number of alkyl halides is 2. The molecule has 0 saturated heterocycles. The molecule has 0 unspecified atom stereocenters. The predicted molar refractivity (Wildman–Crippen MR) is 68.1 cm³/mol. The van der Waals surface area contributed by atoms with Gasteiger partial charge in [-0.05, 0) is 27.2 Å². The van der Waals surface area contributed by atoms with Gasteiger partial charge in [0.1, 0.15) is 4.33 Å². The van der Waals surface area contributed by atoms with Gasteiger partial charge in [0.05, 0.1) is 12.5 Å². The quantitative estimate of drug-likeness (QED) is 0.777. The van der Waals surface area contributed by atoms with Gasteiger partial charge in [0.15, 0.2) is 0 Å². The Balaban J connectivity index is 2.49. The first-order chi connectivity index (χ1) is 7.77. The van der Waals surface area contributed by atoms with Gasteiger partial charge < -0.3 is 10.2 Å². The monoisotopic (exact) mass is 280 g/mol. The third-order valence-corrected chi connectivity index (χ3v) is 3.44. The first-order valence-corrected chi connectivity index (χ1v) is 6.49. The van der Waals surface area contributed by atoms with Crippen molar-refractivity contribution in [1.82, 2.24) is 10.2 Å². The van der Waals surface area contributed by atoms with E-state index in [0.29, 0.717) is 13.0 Å². The summed E-state index contributed by atoms with van der Waals surface area (Å²) in [6.45, 7) is 6.12. The summed E-state index contributed by atoms with van der Waals surface area (Å²) in [7, 11) is 0. The second-order valence-electron chi connectivity index (χ2n) is 4.59. The molecule has 0 aromatic carbocycles. The zero-order chi connectivity index (χ0) is 13.2. The lowest BCUT2D eigenvalue weighted by atomic mass is 10.3. The molecule has 0 aliphatic heterocycles. The van der Waals surface area contributed by atoms with Crippen LogP contribution in [-0.2, 0) is 9.59 Å². The average Bonchev–Trinajstić information content (AvgIpc) is 2.82. The van der Waals surface area contributed by atoms with Crippen LogP contribution < -0.4 is 5.32 Å². The zero-order valence-corrected chi connectivity index (χ0v) is 11.8. The van der Waals surface area contributed by atoms with Gasteiger partial charge in [-0.3, -0.25) is 9.59 Å². The normalized spacial score (nSPS) is 21.2. The van der Waals surface area contributed by atoms with Gasteiger partial charge in [-0.2, -0.15) is 0 Å². The number of nitrogens with one attached hydrogen (secondary N) is 1. The maximum Gasteiger partial charge on any atom is 0.239 e. The Kier molecular flexibility index (Phi) is 4.67. The van der Waals surface area contributed by atoms with E-state index in [4.69, 9.17) is 23.2 Å². The fourth-order valence-electron chi connectivity index (χ4n) is 1.59. The number of rotatable bonds is 5. The number of carbonyl (C=O) groups excluding carboxylic acids is 2. The van der Waals surface area contributed by atoms with Crippen molar-refractivity contribution in [3.63, 3.8) is 0 Å². The molecule has 4 nitrogen and oxygen atoms in total. The van der Waals surface area contributed by atoms with Crippen LogP contribution in [0, 0.1) is 5.92 Å². The number of halogens is 2. The maximum atomic E-state index is 12.0. The Morgan fingerprint density at radius 2 is 2.00 bits per heavy atom. The van der Waals surface area contributed by atoms with Gasteiger partial charge >= 0.3 is 0 Å². The highest BCUT2D eigenvalue weighted by atomic mass is 35.5. The molecule has 1 rings (SSSR count). The van der Waals surface area contributed by atoms with Crippen LogP contribution in [0.1, 0.15) is 27.2 Å². The van der Waals surface area contributed by atoms with Crippen molar-refractivity contribution in [2.45, 2.75) is 37.6 Å². The van der Waals surface area contributed by atoms with Crippen LogP contribution >= 0.6 is 23.2 Å². The van der Waals surface area contributed by atoms with Gasteiger partial charge in [0, 0.05) is 12.6 Å². The number of nitrogens with zero attached hydrogens (tertiary/aromatic N) is 1. The fraction of sp³-hybridized carbons (Fsp3) is 0.818. The number of carbonyl (C=O) groups is 2. The lowest BCUT2D eigenvalue weighted by Gasteiger charge is -2.21. The van der Waals surface area contributed by atoms with Gasteiger partial charge in [-0.1, -0.05) is 0 Å². The van der Waals surface area contributed by atoms with Crippen LogP contribution in [0.25, 0.3) is 0 Å². The topological polar surface area (TPSA) is 49.4 Å². The number of hydrogen-bond donors (Lipinski definition) is 1. The Morgan fingerprint density at radius 3 is 2.35 bits per heavy atom. The summed E-state index contributed by atoms with van der Waals surface area (Å²) < 4.78 is -0.932. The Labute approximate surface area is 112 Å². The van der Waals surface area contributed by atoms with Gasteiger partial charge in [-0.15, -0.1) is 23.2 Å². The molecule has 0 aromatic rings. The van der Waals surface area contributed by atoms with Gasteiger partial charge in [0.2, 0.25) is 11.8 Å². The van der Waals surface area contributed by atoms with Crippen molar-refractivity contribution in [1.29, 1.82) is 0 Å². The predicted octanol–water partition coefficient (Wildman–Crippen LogP) is 1.55. The van der Waals surface area contributed by atoms with Crippen LogP contribution in [0.5, 0.6) is 0 Å². The lowest BCUT2D eigenvalue weighted by Crippen LogP contribution is -2.43. The van der Waals surface area contributed by atoms with Crippen LogP contribution in [0.2, 0.25) is 0 Å². The number of hydrogen-bond acceptors (Lipinski definition) is 2. The van der Waals surface area contributed by atoms with E-state index >= 15 is 0 Å². The van der Waals surface area contributed by atoms with Crippen LogP contribution in [0.15, 0.2) is 0 Å². The number of amides is 2. The molecule has 1 aliphatic rings.